The van der Waals surface area contributed by atoms with Crippen LogP contribution < -0.4 is 16.4 Å². The molecule has 1 amide bonds. The van der Waals surface area contributed by atoms with Crippen molar-refractivity contribution in [1.82, 2.24) is 20.6 Å². The Morgan fingerprint density at radius 1 is 1.34 bits per heavy atom. The van der Waals surface area contributed by atoms with Crippen molar-refractivity contribution in [3.05, 3.63) is 29.3 Å². The van der Waals surface area contributed by atoms with Crippen LogP contribution in [-0.4, -0.2) is 47.4 Å². The number of hydrogen-bond acceptors (Lipinski definition) is 9. The van der Waals surface area contributed by atoms with Gasteiger partial charge in [0.1, 0.15) is 5.69 Å². The van der Waals surface area contributed by atoms with E-state index in [2.05, 4.69) is 37.3 Å². The average Bonchev–Trinajstić information content (AvgIpc) is 3.19. The number of aromatic nitrogens is 2. The van der Waals surface area contributed by atoms with Crippen molar-refractivity contribution in [3.63, 3.8) is 0 Å². The van der Waals surface area contributed by atoms with Gasteiger partial charge in [0.15, 0.2) is 6.61 Å². The third-order valence-electron chi connectivity index (χ3n) is 3.69. The molecule has 0 fully saturated rings. The highest BCUT2D eigenvalue weighted by Gasteiger charge is 2.08. The Balaban J connectivity index is 1.92. The summed E-state index contributed by atoms with van der Waals surface area (Å²) in [6.45, 7) is 4.14. The van der Waals surface area contributed by atoms with Gasteiger partial charge < -0.3 is 15.8 Å². The van der Waals surface area contributed by atoms with Gasteiger partial charge in [-0.15, -0.1) is 11.3 Å². The molecule has 10 heteroatoms. The van der Waals surface area contributed by atoms with Crippen molar-refractivity contribution in [2.24, 2.45) is 10.7 Å². The van der Waals surface area contributed by atoms with E-state index in [1.807, 2.05) is 17.5 Å². The highest BCUT2D eigenvalue weighted by Crippen LogP contribution is 2.25. The molecule has 2 aromatic heterocycles. The second-order valence-corrected chi connectivity index (χ2v) is 7.03. The molecule has 0 aliphatic rings. The summed E-state index contributed by atoms with van der Waals surface area (Å²) in [6.07, 6.45) is 3.50. The molecule has 2 aromatic rings. The zero-order valence-electron chi connectivity index (χ0n) is 16.6. The molecule has 0 bridgehead atoms. The lowest BCUT2D eigenvalue weighted by atomic mass is 10.2. The maximum atomic E-state index is 11.6. The lowest BCUT2D eigenvalue weighted by Gasteiger charge is -2.07. The summed E-state index contributed by atoms with van der Waals surface area (Å²) in [5.41, 5.74) is 7.98. The Kier molecular flexibility index (Phi) is 9.35. The van der Waals surface area contributed by atoms with Crippen LogP contribution in [0, 0.1) is 0 Å². The Labute approximate surface area is 173 Å². The zero-order chi connectivity index (χ0) is 21.1. The molecule has 0 radical (unpaired) electrons. The van der Waals surface area contributed by atoms with Gasteiger partial charge in [-0.25, -0.2) is 15.0 Å². The Morgan fingerprint density at radius 2 is 2.17 bits per heavy atom. The maximum Gasteiger partial charge on any atom is 0.303 e. The topological polar surface area (TPSA) is 132 Å². The smallest absolute Gasteiger partial charge is 0.303 e. The van der Waals surface area contributed by atoms with Gasteiger partial charge in [0.25, 0.3) is 5.91 Å². The second-order valence-electron chi connectivity index (χ2n) is 6.20. The fourth-order valence-electron chi connectivity index (χ4n) is 2.21. The van der Waals surface area contributed by atoms with Gasteiger partial charge in [0.2, 0.25) is 5.13 Å². The first-order chi connectivity index (χ1) is 14.0. The van der Waals surface area contributed by atoms with E-state index in [4.69, 9.17) is 5.73 Å². The largest absolute Gasteiger partial charge is 0.456 e. The minimum atomic E-state index is -0.500. The molecule has 156 valence electrons. The number of nitrogens with two attached hydrogens (primary N) is 1. The number of nitrogens with one attached hydrogen (secondary N) is 2. The van der Waals surface area contributed by atoms with E-state index < -0.39 is 5.97 Å². The van der Waals surface area contributed by atoms with E-state index in [1.54, 1.807) is 12.3 Å². The summed E-state index contributed by atoms with van der Waals surface area (Å²) in [6, 6.07) is 5.47. The number of hydrogen-bond donors (Lipinski definition) is 3. The number of rotatable bonds is 11. The van der Waals surface area contributed by atoms with Crippen molar-refractivity contribution in [2.75, 3.05) is 13.2 Å². The highest BCUT2D eigenvalue weighted by atomic mass is 32.1. The molecular weight excluding hydrogens is 392 g/mol. The first-order valence-corrected chi connectivity index (χ1v) is 10.2. The van der Waals surface area contributed by atoms with Crippen molar-refractivity contribution >= 4 is 34.6 Å². The van der Waals surface area contributed by atoms with Gasteiger partial charge in [-0.2, -0.15) is 0 Å². The third-order valence-corrected chi connectivity index (χ3v) is 4.44. The fourth-order valence-corrected chi connectivity index (χ4v) is 2.87. The SMILES string of the molecule is CCCCNC(N)C=Nc1nc(-c2cccc(CNC(=O)COC(C)=O)n2)cs1. The molecule has 29 heavy (non-hydrogen) atoms. The van der Waals surface area contributed by atoms with Crippen LogP contribution in [0.3, 0.4) is 0 Å². The lowest BCUT2D eigenvalue weighted by Crippen LogP contribution is -2.39. The first-order valence-electron chi connectivity index (χ1n) is 9.33. The Morgan fingerprint density at radius 3 is 2.93 bits per heavy atom. The number of aliphatic imine (C=N–C) groups is 1. The fraction of sp³-hybridized carbons (Fsp3) is 0.421. The molecule has 0 aliphatic carbocycles. The molecule has 0 saturated carbocycles. The number of amides is 1. The van der Waals surface area contributed by atoms with Crippen molar-refractivity contribution < 1.29 is 14.3 Å². The van der Waals surface area contributed by atoms with Crippen LogP contribution in [0.2, 0.25) is 0 Å². The van der Waals surface area contributed by atoms with E-state index in [0.717, 1.165) is 19.4 Å². The molecule has 0 saturated heterocycles. The van der Waals surface area contributed by atoms with Crippen LogP contribution in [0.15, 0.2) is 28.6 Å². The summed E-state index contributed by atoms with van der Waals surface area (Å²) >= 11 is 1.40. The molecule has 4 N–H and O–H groups in total. The highest BCUT2D eigenvalue weighted by molar-refractivity contribution is 7.13. The zero-order valence-corrected chi connectivity index (χ0v) is 17.4. The van der Waals surface area contributed by atoms with Crippen LogP contribution in [-0.2, 0) is 20.9 Å². The minimum absolute atomic E-state index is 0.224. The van der Waals surface area contributed by atoms with Gasteiger partial charge in [0.05, 0.1) is 24.1 Å². The molecule has 0 aliphatic heterocycles. The predicted molar refractivity (Wildman–Crippen MR) is 113 cm³/mol. The van der Waals surface area contributed by atoms with Gasteiger partial charge >= 0.3 is 5.97 Å². The summed E-state index contributed by atoms with van der Waals surface area (Å²) < 4.78 is 4.65. The first kappa shape index (κ1) is 22.6. The number of nitrogens with zero attached hydrogens (tertiary/aromatic N) is 3. The summed E-state index contributed by atoms with van der Waals surface area (Å²) in [5.74, 6) is -0.887. The summed E-state index contributed by atoms with van der Waals surface area (Å²) in [4.78, 5) is 35.6. The van der Waals surface area contributed by atoms with Gasteiger partial charge in [-0.1, -0.05) is 19.4 Å². The van der Waals surface area contributed by atoms with E-state index >= 15 is 0 Å². The van der Waals surface area contributed by atoms with Crippen LogP contribution in [0.5, 0.6) is 0 Å². The number of carbonyl (C=O) groups is 2. The molecule has 2 heterocycles. The molecular formula is C19H26N6O3S. The van der Waals surface area contributed by atoms with Crippen LogP contribution in [0.1, 0.15) is 32.4 Å². The van der Waals surface area contributed by atoms with Gasteiger partial charge in [-0.05, 0) is 25.1 Å². The molecule has 9 nitrogen and oxygen atoms in total. The number of pyridine rings is 1. The monoisotopic (exact) mass is 418 g/mol. The number of unbranched alkanes of at least 4 members (excludes halogenated alkanes) is 1. The quantitative estimate of drug-likeness (QED) is 0.219. The van der Waals surface area contributed by atoms with Gasteiger partial charge in [-0.3, -0.25) is 14.9 Å². The standard InChI is InChI=1S/C19H26N6O3S/c1-3-4-8-21-17(20)10-23-19-25-16(12-29-19)15-7-5-6-14(24-15)9-22-18(27)11-28-13(2)26/h5-7,10,12,17,21H,3-4,8-9,11,20H2,1-2H3,(H,22,27). The molecule has 0 aromatic carbocycles. The van der Waals surface area contributed by atoms with Crippen molar-refractivity contribution in [1.29, 1.82) is 0 Å². The number of carbonyl (C=O) groups excluding carboxylic acids is 2. The van der Waals surface area contributed by atoms with Crippen LogP contribution in [0.25, 0.3) is 11.4 Å². The summed E-state index contributed by atoms with van der Waals surface area (Å²) in [5, 5.41) is 8.28. The van der Waals surface area contributed by atoms with Crippen molar-refractivity contribution in [2.45, 2.75) is 39.4 Å². The third kappa shape index (κ3) is 8.46. The van der Waals surface area contributed by atoms with E-state index in [9.17, 15) is 9.59 Å². The van der Waals surface area contributed by atoms with Gasteiger partial charge in [0, 0.05) is 18.5 Å². The number of ether oxygens (including phenoxy) is 1. The van der Waals surface area contributed by atoms with E-state index in [1.165, 1.54) is 18.3 Å². The normalized spacial score (nSPS) is 12.1. The van der Waals surface area contributed by atoms with Crippen molar-refractivity contribution in [3.8, 4) is 11.4 Å². The Hall–Kier alpha value is -2.69. The minimum Gasteiger partial charge on any atom is -0.456 e. The van der Waals surface area contributed by atoms with Crippen LogP contribution in [0.4, 0.5) is 5.13 Å². The van der Waals surface area contributed by atoms with E-state index in [0.29, 0.717) is 22.2 Å². The lowest BCUT2D eigenvalue weighted by molar-refractivity contribution is -0.146. The number of esters is 1. The molecule has 1 atom stereocenters. The number of thiazole rings is 1. The second kappa shape index (κ2) is 12.0. The molecule has 2 rings (SSSR count). The average molecular weight is 419 g/mol. The maximum absolute atomic E-state index is 11.6. The summed E-state index contributed by atoms with van der Waals surface area (Å²) in [7, 11) is 0. The van der Waals surface area contributed by atoms with E-state index in [-0.39, 0.29) is 25.2 Å². The molecule has 1 unspecified atom stereocenters. The predicted octanol–water partition coefficient (Wildman–Crippen LogP) is 1.76. The molecule has 0 spiro atoms. The van der Waals surface area contributed by atoms with Crippen LogP contribution >= 0.6 is 11.3 Å². The Bertz CT molecular complexity index is 839.